The summed E-state index contributed by atoms with van der Waals surface area (Å²) >= 11 is 0. The van der Waals surface area contributed by atoms with Crippen LogP contribution < -0.4 is 34.7 Å². The first-order valence-corrected chi connectivity index (χ1v) is 4.95. The molecule has 0 aromatic rings. The molecule has 0 unspecified atom stereocenters. The van der Waals surface area contributed by atoms with Gasteiger partial charge < -0.3 is 9.90 Å². The topological polar surface area (TPSA) is 40.1 Å². The van der Waals surface area contributed by atoms with Gasteiger partial charge in [0.05, 0.1) is 0 Å². The van der Waals surface area contributed by atoms with E-state index in [4.69, 9.17) is 0 Å². The fourth-order valence-corrected chi connectivity index (χ4v) is 2.10. The van der Waals surface area contributed by atoms with Gasteiger partial charge in [0.15, 0.2) is 0 Å². The smallest absolute Gasteiger partial charge is 0.550 e. The van der Waals surface area contributed by atoms with Gasteiger partial charge in [-0.15, -0.1) is 0 Å². The van der Waals surface area contributed by atoms with Gasteiger partial charge in [0.2, 0.25) is 0 Å². The van der Waals surface area contributed by atoms with Gasteiger partial charge in [0.25, 0.3) is 0 Å². The number of carboxylic acid groups (broad SMARTS) is 1. The zero-order chi connectivity index (χ0) is 8.97. The molecule has 1 saturated carbocycles. The van der Waals surface area contributed by atoms with Crippen molar-refractivity contribution in [1.29, 1.82) is 0 Å². The number of hydrogen-bond donors (Lipinski definition) is 0. The average Bonchev–Trinajstić information content (AvgIpc) is 2.06. The van der Waals surface area contributed by atoms with Crippen LogP contribution in [0.4, 0.5) is 0 Å². The van der Waals surface area contributed by atoms with Crippen LogP contribution in [0.25, 0.3) is 0 Å². The monoisotopic (exact) mass is 192 g/mol. The second kappa shape index (κ2) is 6.86. The first-order valence-electron chi connectivity index (χ1n) is 4.95. The van der Waals surface area contributed by atoms with E-state index in [1.54, 1.807) is 0 Å². The van der Waals surface area contributed by atoms with E-state index in [1.165, 1.54) is 12.8 Å². The third-order valence-electron chi connectivity index (χ3n) is 2.88. The summed E-state index contributed by atoms with van der Waals surface area (Å²) in [6.07, 6.45) is 6.35. The molecule has 0 heterocycles. The largest absolute Gasteiger partial charge is 1.00 e. The maximum absolute atomic E-state index is 10.5. The van der Waals surface area contributed by atoms with Crippen molar-refractivity contribution in [3.05, 3.63) is 0 Å². The second-order valence-corrected chi connectivity index (χ2v) is 3.83. The zero-order valence-corrected chi connectivity index (χ0v) is 10.7. The Hall–Kier alpha value is 0.470. The van der Waals surface area contributed by atoms with Crippen LogP contribution in [0.2, 0.25) is 0 Å². The Morgan fingerprint density at radius 3 is 2.23 bits per heavy atom. The molecular formula is C10H17NaO2. The molecule has 2 nitrogen and oxygen atoms in total. The van der Waals surface area contributed by atoms with E-state index in [9.17, 15) is 9.90 Å². The summed E-state index contributed by atoms with van der Waals surface area (Å²) in [4.78, 5) is 10.5. The molecule has 1 aliphatic carbocycles. The quantitative estimate of drug-likeness (QED) is 0.502. The van der Waals surface area contributed by atoms with E-state index >= 15 is 0 Å². The summed E-state index contributed by atoms with van der Waals surface area (Å²) in [7, 11) is 0. The van der Waals surface area contributed by atoms with Crippen LogP contribution in [0, 0.1) is 11.8 Å². The summed E-state index contributed by atoms with van der Waals surface area (Å²) in [5.41, 5.74) is 0. The molecule has 70 valence electrons. The molecule has 1 fully saturated rings. The fourth-order valence-electron chi connectivity index (χ4n) is 2.10. The minimum atomic E-state index is -0.843. The van der Waals surface area contributed by atoms with Gasteiger partial charge in [0.1, 0.15) is 0 Å². The van der Waals surface area contributed by atoms with Crippen LogP contribution in [0.15, 0.2) is 0 Å². The van der Waals surface area contributed by atoms with Crippen molar-refractivity contribution in [2.75, 3.05) is 0 Å². The van der Waals surface area contributed by atoms with Crippen LogP contribution in [0.5, 0.6) is 0 Å². The van der Waals surface area contributed by atoms with Crippen LogP contribution in [-0.4, -0.2) is 5.97 Å². The fraction of sp³-hybridized carbons (Fsp3) is 0.900. The number of hydrogen-bond acceptors (Lipinski definition) is 2. The molecule has 0 aromatic heterocycles. The van der Waals surface area contributed by atoms with Gasteiger partial charge in [-0.2, -0.15) is 0 Å². The Labute approximate surface area is 102 Å². The number of carboxylic acids is 1. The molecule has 1 rings (SSSR count). The van der Waals surface area contributed by atoms with Crippen LogP contribution >= 0.6 is 0 Å². The third kappa shape index (κ3) is 4.48. The van der Waals surface area contributed by atoms with Gasteiger partial charge in [-0.25, -0.2) is 0 Å². The summed E-state index contributed by atoms with van der Waals surface area (Å²) < 4.78 is 0. The van der Waals surface area contributed by atoms with E-state index in [0.717, 1.165) is 31.6 Å². The zero-order valence-electron chi connectivity index (χ0n) is 8.71. The van der Waals surface area contributed by atoms with Gasteiger partial charge in [-0.05, 0) is 37.5 Å². The molecule has 13 heavy (non-hydrogen) atoms. The van der Waals surface area contributed by atoms with E-state index in [1.807, 2.05) is 0 Å². The van der Waals surface area contributed by atoms with E-state index in [-0.39, 0.29) is 35.5 Å². The molecule has 0 amide bonds. The maximum atomic E-state index is 10.5. The normalized spacial score (nSPS) is 27.8. The Bertz CT molecular complexity index is 151. The van der Waals surface area contributed by atoms with E-state index in [2.05, 4.69) is 6.92 Å². The third-order valence-corrected chi connectivity index (χ3v) is 2.88. The number of rotatable bonds is 3. The predicted molar refractivity (Wildman–Crippen MR) is 45.4 cm³/mol. The molecule has 3 heteroatoms. The van der Waals surface area contributed by atoms with Crippen molar-refractivity contribution in [2.24, 2.45) is 11.8 Å². The van der Waals surface area contributed by atoms with Crippen LogP contribution in [0.1, 0.15) is 45.4 Å². The number of carbonyl (C=O) groups excluding carboxylic acids is 1. The molecule has 0 saturated heterocycles. The molecule has 0 N–H and O–H groups in total. The van der Waals surface area contributed by atoms with Crippen molar-refractivity contribution < 1.29 is 39.5 Å². The van der Waals surface area contributed by atoms with Crippen molar-refractivity contribution in [1.82, 2.24) is 0 Å². The Morgan fingerprint density at radius 1 is 1.31 bits per heavy atom. The molecule has 0 atom stereocenters. The van der Waals surface area contributed by atoms with Crippen molar-refractivity contribution in [2.45, 2.75) is 45.4 Å². The summed E-state index contributed by atoms with van der Waals surface area (Å²) in [5.74, 6) is -0.214. The molecule has 0 radical (unpaired) electrons. The van der Waals surface area contributed by atoms with E-state index < -0.39 is 5.97 Å². The molecule has 0 aromatic carbocycles. The Balaban J connectivity index is 0.00000144. The van der Waals surface area contributed by atoms with Gasteiger partial charge in [0, 0.05) is 5.97 Å². The molecular weight excluding hydrogens is 175 g/mol. The molecule has 1 aliphatic rings. The van der Waals surface area contributed by atoms with Crippen molar-refractivity contribution in [3.8, 4) is 0 Å². The van der Waals surface area contributed by atoms with Crippen LogP contribution in [0.3, 0.4) is 0 Å². The Kier molecular flexibility index (Phi) is 7.10. The summed E-state index contributed by atoms with van der Waals surface area (Å²) in [6, 6.07) is 0. The average molecular weight is 192 g/mol. The van der Waals surface area contributed by atoms with Gasteiger partial charge in [-0.1, -0.05) is 19.8 Å². The second-order valence-electron chi connectivity index (χ2n) is 3.83. The van der Waals surface area contributed by atoms with Crippen LogP contribution in [-0.2, 0) is 4.79 Å². The van der Waals surface area contributed by atoms with Crippen molar-refractivity contribution >= 4 is 5.97 Å². The molecule has 0 bridgehead atoms. The first kappa shape index (κ1) is 13.5. The molecule has 0 spiro atoms. The predicted octanol–water partition coefficient (Wildman–Crippen LogP) is -1.65. The van der Waals surface area contributed by atoms with Gasteiger partial charge in [-0.3, -0.25) is 0 Å². The van der Waals surface area contributed by atoms with Crippen molar-refractivity contribution in [3.63, 3.8) is 0 Å². The SMILES string of the molecule is CCC[C@H]1CC[C@H](C(=O)[O-])CC1.[Na+]. The first-order chi connectivity index (χ1) is 5.74. The standard InChI is InChI=1S/C10H18O2.Na/c1-2-3-8-4-6-9(7-5-8)10(11)12;/h8-9H,2-7H2,1H3,(H,11,12);/q;+1/p-1/t8-,9-;. The minimum absolute atomic E-state index is 0. The van der Waals surface area contributed by atoms with Gasteiger partial charge >= 0.3 is 29.6 Å². The molecule has 0 aliphatic heterocycles. The number of carbonyl (C=O) groups is 1. The summed E-state index contributed by atoms with van der Waals surface area (Å²) in [6.45, 7) is 2.19. The maximum Gasteiger partial charge on any atom is 1.00 e. The number of aliphatic carboxylic acids is 1. The Morgan fingerprint density at radius 2 is 1.85 bits per heavy atom. The van der Waals surface area contributed by atoms with E-state index in [0.29, 0.717) is 0 Å². The minimum Gasteiger partial charge on any atom is -0.550 e. The summed E-state index contributed by atoms with van der Waals surface area (Å²) in [5, 5.41) is 10.5.